The molecule has 4 heteroatoms. The quantitative estimate of drug-likeness (QED) is 0.412. The Morgan fingerprint density at radius 1 is 1.07 bits per heavy atom. The Balaban J connectivity index is 2.16. The lowest BCUT2D eigenvalue weighted by Crippen LogP contribution is -2.47. The van der Waals surface area contributed by atoms with E-state index in [-0.39, 0.29) is 11.9 Å². The predicted molar refractivity (Wildman–Crippen MR) is 110 cm³/mol. The maximum atomic E-state index is 13.4. The summed E-state index contributed by atoms with van der Waals surface area (Å²) in [5.41, 5.74) is -0.0291. The van der Waals surface area contributed by atoms with Crippen molar-refractivity contribution in [2.75, 3.05) is 32.8 Å². The van der Waals surface area contributed by atoms with E-state index in [0.717, 1.165) is 57.3 Å². The van der Waals surface area contributed by atoms with Crippen LogP contribution in [0.3, 0.4) is 0 Å². The summed E-state index contributed by atoms with van der Waals surface area (Å²) in [7, 11) is 0. The van der Waals surface area contributed by atoms with Crippen LogP contribution in [0.25, 0.3) is 0 Å². The highest BCUT2D eigenvalue weighted by Gasteiger charge is 2.49. The van der Waals surface area contributed by atoms with Crippen molar-refractivity contribution >= 4 is 5.97 Å². The van der Waals surface area contributed by atoms with Crippen molar-refractivity contribution in [3.8, 4) is 0 Å². The Hall–Kier alpha value is -1.39. The smallest absolute Gasteiger partial charge is 0.343 e. The van der Waals surface area contributed by atoms with Crippen molar-refractivity contribution in [1.82, 2.24) is 4.90 Å². The third kappa shape index (κ3) is 5.55. The van der Waals surface area contributed by atoms with Gasteiger partial charge in [-0.25, -0.2) is 4.79 Å². The minimum absolute atomic E-state index is 0.184. The largest absolute Gasteiger partial charge is 0.463 e. The molecule has 1 aromatic rings. The van der Waals surface area contributed by atoms with Crippen molar-refractivity contribution in [3.63, 3.8) is 0 Å². The fraction of sp³-hybridized carbons (Fsp3) is 0.696. The van der Waals surface area contributed by atoms with Gasteiger partial charge in [0.05, 0.1) is 6.61 Å². The second-order valence-corrected chi connectivity index (χ2v) is 7.39. The summed E-state index contributed by atoms with van der Waals surface area (Å²) in [6.45, 7) is 10.2. The van der Waals surface area contributed by atoms with Gasteiger partial charge in [-0.3, -0.25) is 0 Å². The van der Waals surface area contributed by atoms with E-state index < -0.39 is 5.60 Å². The standard InChI is InChI=1S/C23H37NO3/c1-4-24(5-2)18-13-19-26-22(25)23(27-6-3,20-14-9-7-10-15-20)21-16-11-8-12-17-21/h7,9-10,14-15,21H,4-6,8,11-13,16-19H2,1-3H3/t23-/m0/s1. The Morgan fingerprint density at radius 2 is 1.74 bits per heavy atom. The van der Waals surface area contributed by atoms with Gasteiger partial charge in [0.1, 0.15) is 0 Å². The van der Waals surface area contributed by atoms with E-state index in [1.54, 1.807) is 0 Å². The molecule has 1 atom stereocenters. The van der Waals surface area contributed by atoms with Gasteiger partial charge in [0.2, 0.25) is 0 Å². The fourth-order valence-corrected chi connectivity index (χ4v) is 4.30. The average Bonchev–Trinajstić information content (AvgIpc) is 2.73. The minimum atomic E-state index is -0.967. The lowest BCUT2D eigenvalue weighted by molar-refractivity contribution is -0.186. The van der Waals surface area contributed by atoms with E-state index in [4.69, 9.17) is 9.47 Å². The number of esters is 1. The monoisotopic (exact) mass is 375 g/mol. The molecule has 1 fully saturated rings. The van der Waals surface area contributed by atoms with Gasteiger partial charge < -0.3 is 14.4 Å². The number of hydrogen-bond acceptors (Lipinski definition) is 4. The van der Waals surface area contributed by atoms with Crippen molar-refractivity contribution in [2.24, 2.45) is 5.92 Å². The highest BCUT2D eigenvalue weighted by atomic mass is 16.6. The zero-order chi connectivity index (χ0) is 19.5. The van der Waals surface area contributed by atoms with Gasteiger partial charge in [0, 0.05) is 19.1 Å². The lowest BCUT2D eigenvalue weighted by Gasteiger charge is -2.40. The van der Waals surface area contributed by atoms with E-state index in [1.165, 1.54) is 6.42 Å². The first kappa shape index (κ1) is 21.9. The van der Waals surface area contributed by atoms with Crippen LogP contribution in [0.15, 0.2) is 30.3 Å². The molecule has 1 aliphatic carbocycles. The molecule has 2 rings (SSSR count). The Bertz CT molecular complexity index is 538. The first-order valence-corrected chi connectivity index (χ1v) is 10.8. The Labute approximate surface area is 165 Å². The summed E-state index contributed by atoms with van der Waals surface area (Å²) in [6, 6.07) is 9.98. The second-order valence-electron chi connectivity index (χ2n) is 7.39. The molecule has 1 aromatic carbocycles. The molecule has 0 aliphatic heterocycles. The van der Waals surface area contributed by atoms with Crippen LogP contribution in [0, 0.1) is 5.92 Å². The number of ether oxygens (including phenoxy) is 2. The van der Waals surface area contributed by atoms with Crippen LogP contribution in [-0.2, 0) is 19.9 Å². The Morgan fingerprint density at radius 3 is 2.33 bits per heavy atom. The van der Waals surface area contributed by atoms with Gasteiger partial charge in [-0.1, -0.05) is 63.4 Å². The van der Waals surface area contributed by atoms with Crippen LogP contribution >= 0.6 is 0 Å². The summed E-state index contributed by atoms with van der Waals surface area (Å²) in [5, 5.41) is 0. The highest BCUT2D eigenvalue weighted by molar-refractivity contribution is 5.82. The van der Waals surface area contributed by atoms with Crippen LogP contribution in [0.2, 0.25) is 0 Å². The van der Waals surface area contributed by atoms with Crippen LogP contribution < -0.4 is 0 Å². The van der Waals surface area contributed by atoms with Crippen LogP contribution in [-0.4, -0.2) is 43.7 Å². The molecular formula is C23H37NO3. The molecule has 0 bridgehead atoms. The minimum Gasteiger partial charge on any atom is -0.463 e. The number of rotatable bonds is 11. The third-order valence-electron chi connectivity index (χ3n) is 5.80. The maximum Gasteiger partial charge on any atom is 0.343 e. The fourth-order valence-electron chi connectivity index (χ4n) is 4.30. The van der Waals surface area contributed by atoms with Gasteiger partial charge in [0.25, 0.3) is 0 Å². The predicted octanol–water partition coefficient (Wildman–Crippen LogP) is 4.77. The number of nitrogens with zero attached hydrogens (tertiary/aromatic N) is 1. The maximum absolute atomic E-state index is 13.4. The SMILES string of the molecule is CCO[C@@](C(=O)OCCCN(CC)CC)(c1ccccc1)C1CCCCC1. The molecule has 27 heavy (non-hydrogen) atoms. The van der Waals surface area contributed by atoms with E-state index in [0.29, 0.717) is 13.2 Å². The Kier molecular flexibility index (Phi) is 9.29. The van der Waals surface area contributed by atoms with Gasteiger partial charge in [-0.2, -0.15) is 0 Å². The molecule has 1 saturated carbocycles. The summed E-state index contributed by atoms with van der Waals surface area (Å²) in [6.07, 6.45) is 6.44. The van der Waals surface area contributed by atoms with E-state index >= 15 is 0 Å². The molecule has 4 nitrogen and oxygen atoms in total. The molecule has 0 amide bonds. The summed E-state index contributed by atoms with van der Waals surface area (Å²) in [5.74, 6) is -0.0223. The molecule has 0 saturated heterocycles. The zero-order valence-electron chi connectivity index (χ0n) is 17.4. The molecule has 0 aromatic heterocycles. The van der Waals surface area contributed by atoms with Gasteiger partial charge >= 0.3 is 5.97 Å². The molecular weight excluding hydrogens is 338 g/mol. The normalized spacial score (nSPS) is 17.6. The molecule has 152 valence electrons. The van der Waals surface area contributed by atoms with Crippen molar-refractivity contribution < 1.29 is 14.3 Å². The van der Waals surface area contributed by atoms with E-state index in [2.05, 4.69) is 18.7 Å². The topological polar surface area (TPSA) is 38.8 Å². The lowest BCUT2D eigenvalue weighted by atomic mass is 9.73. The molecule has 0 unspecified atom stereocenters. The van der Waals surface area contributed by atoms with Crippen molar-refractivity contribution in [2.45, 2.75) is 64.9 Å². The zero-order valence-corrected chi connectivity index (χ0v) is 17.4. The highest BCUT2D eigenvalue weighted by Crippen LogP contribution is 2.43. The number of carbonyl (C=O) groups is 1. The molecule has 0 heterocycles. The first-order valence-electron chi connectivity index (χ1n) is 10.8. The van der Waals surface area contributed by atoms with E-state index in [9.17, 15) is 4.79 Å². The molecule has 0 N–H and O–H groups in total. The summed E-state index contributed by atoms with van der Waals surface area (Å²) < 4.78 is 12.1. The second kappa shape index (κ2) is 11.5. The number of hydrogen-bond donors (Lipinski definition) is 0. The molecule has 1 aliphatic rings. The van der Waals surface area contributed by atoms with Crippen molar-refractivity contribution in [1.29, 1.82) is 0 Å². The van der Waals surface area contributed by atoms with Gasteiger partial charge in [-0.05, 0) is 44.8 Å². The number of benzene rings is 1. The molecule has 0 radical (unpaired) electrons. The molecule has 0 spiro atoms. The first-order chi connectivity index (χ1) is 13.2. The van der Waals surface area contributed by atoms with Gasteiger partial charge in [0.15, 0.2) is 5.60 Å². The van der Waals surface area contributed by atoms with Gasteiger partial charge in [-0.15, -0.1) is 0 Å². The van der Waals surface area contributed by atoms with Crippen LogP contribution in [0.5, 0.6) is 0 Å². The number of carbonyl (C=O) groups excluding carboxylic acids is 1. The third-order valence-corrected chi connectivity index (χ3v) is 5.80. The van der Waals surface area contributed by atoms with Crippen LogP contribution in [0.4, 0.5) is 0 Å². The van der Waals surface area contributed by atoms with E-state index in [1.807, 2.05) is 37.3 Å². The van der Waals surface area contributed by atoms with Crippen LogP contribution in [0.1, 0.15) is 64.9 Å². The average molecular weight is 376 g/mol. The summed E-state index contributed by atoms with van der Waals surface area (Å²) in [4.78, 5) is 15.7. The van der Waals surface area contributed by atoms with Crippen molar-refractivity contribution in [3.05, 3.63) is 35.9 Å². The summed E-state index contributed by atoms with van der Waals surface area (Å²) >= 11 is 0.